The zero-order valence-corrected chi connectivity index (χ0v) is 16.1. The Morgan fingerprint density at radius 2 is 1.52 bits per heavy atom. The number of benzene rings is 2. The van der Waals surface area contributed by atoms with Gasteiger partial charge in [0.1, 0.15) is 11.9 Å². The third-order valence-electron chi connectivity index (χ3n) is 5.86. The average molecular weight is 390 g/mol. The van der Waals surface area contributed by atoms with Gasteiger partial charge in [0.15, 0.2) is 5.78 Å². The molecule has 5 nitrogen and oxygen atoms in total. The van der Waals surface area contributed by atoms with E-state index in [1.54, 1.807) is 36.4 Å². The molecule has 0 saturated carbocycles. The van der Waals surface area contributed by atoms with Gasteiger partial charge in [-0.2, -0.15) is 0 Å². The van der Waals surface area contributed by atoms with E-state index in [1.165, 1.54) is 21.5 Å². The smallest absolute Gasteiger partial charge is 0.277 e. The third kappa shape index (κ3) is 2.48. The molecule has 1 aliphatic heterocycles. The summed E-state index contributed by atoms with van der Waals surface area (Å²) in [6.45, 7) is 3.96. The van der Waals surface area contributed by atoms with Gasteiger partial charge in [0.2, 0.25) is 0 Å². The summed E-state index contributed by atoms with van der Waals surface area (Å²) in [6, 6.07) is 11.7. The van der Waals surface area contributed by atoms with E-state index in [9.17, 15) is 18.8 Å². The van der Waals surface area contributed by atoms with Crippen molar-refractivity contribution in [3.05, 3.63) is 86.2 Å². The van der Waals surface area contributed by atoms with Crippen molar-refractivity contribution in [2.24, 2.45) is 5.41 Å². The van der Waals surface area contributed by atoms with Crippen LogP contribution in [-0.4, -0.2) is 15.1 Å². The lowest BCUT2D eigenvalue weighted by atomic mass is 9.74. The number of ketones is 1. The number of hydrogen-bond donors (Lipinski definition) is 0. The summed E-state index contributed by atoms with van der Waals surface area (Å²) in [6.07, 6.45) is 0.837. The second-order valence-corrected chi connectivity index (χ2v) is 8.57. The molecule has 0 spiro atoms. The summed E-state index contributed by atoms with van der Waals surface area (Å²) < 4.78 is 16.3. The van der Waals surface area contributed by atoms with Crippen molar-refractivity contribution in [1.82, 2.24) is 9.36 Å². The Bertz CT molecular complexity index is 1340. The lowest BCUT2D eigenvalue weighted by molar-refractivity contribution is -0.118. The molecule has 0 amide bonds. The number of nitrogens with zero attached hydrogens (tertiary/aromatic N) is 2. The highest BCUT2D eigenvalue weighted by molar-refractivity contribution is 6.04. The third-order valence-corrected chi connectivity index (χ3v) is 5.86. The van der Waals surface area contributed by atoms with Crippen LogP contribution in [0.25, 0.3) is 16.5 Å². The molecule has 146 valence electrons. The molecule has 2 aromatic carbocycles. The Labute approximate surface area is 165 Å². The van der Waals surface area contributed by atoms with E-state index in [0.717, 1.165) is 0 Å². The molecule has 29 heavy (non-hydrogen) atoms. The van der Waals surface area contributed by atoms with Crippen LogP contribution < -0.4 is 11.1 Å². The first-order valence-corrected chi connectivity index (χ1v) is 9.57. The number of rotatable bonds is 1. The second kappa shape index (κ2) is 5.86. The number of hydrogen-bond acceptors (Lipinski definition) is 3. The summed E-state index contributed by atoms with van der Waals surface area (Å²) in [4.78, 5) is 40.0. The molecule has 6 heteroatoms. The van der Waals surface area contributed by atoms with Gasteiger partial charge in [-0.05, 0) is 41.7 Å². The number of allylic oxidation sites excluding steroid dienone is 2. The Morgan fingerprint density at radius 1 is 0.897 bits per heavy atom. The maximum atomic E-state index is 13.5. The van der Waals surface area contributed by atoms with Crippen LogP contribution in [0.4, 0.5) is 4.39 Å². The summed E-state index contributed by atoms with van der Waals surface area (Å²) in [7, 11) is 0. The van der Waals surface area contributed by atoms with Crippen molar-refractivity contribution in [1.29, 1.82) is 0 Å². The predicted molar refractivity (Wildman–Crippen MR) is 108 cm³/mol. The van der Waals surface area contributed by atoms with Gasteiger partial charge in [-0.25, -0.2) is 13.8 Å². The largest absolute Gasteiger partial charge is 0.294 e. The lowest BCUT2D eigenvalue weighted by Crippen LogP contribution is -2.37. The van der Waals surface area contributed by atoms with E-state index >= 15 is 0 Å². The van der Waals surface area contributed by atoms with Gasteiger partial charge in [-0.15, -0.1) is 0 Å². The maximum absolute atomic E-state index is 13.5. The lowest BCUT2D eigenvalue weighted by Gasteiger charge is -2.30. The van der Waals surface area contributed by atoms with Crippen LogP contribution in [-0.2, 0) is 4.79 Å². The molecular formula is C23H19FN2O3. The minimum atomic E-state index is -0.737. The molecule has 0 fully saturated rings. The van der Waals surface area contributed by atoms with Crippen LogP contribution in [0.3, 0.4) is 0 Å². The minimum Gasteiger partial charge on any atom is -0.294 e. The van der Waals surface area contributed by atoms with Crippen LogP contribution in [0.2, 0.25) is 0 Å². The fourth-order valence-electron chi connectivity index (χ4n) is 4.64. The highest BCUT2D eigenvalue weighted by atomic mass is 19.1. The van der Waals surface area contributed by atoms with Crippen molar-refractivity contribution >= 4 is 22.3 Å². The number of halogens is 1. The van der Waals surface area contributed by atoms with Crippen LogP contribution in [0.5, 0.6) is 0 Å². The molecule has 2 aliphatic rings. The van der Waals surface area contributed by atoms with E-state index in [2.05, 4.69) is 0 Å². The first kappa shape index (κ1) is 17.8. The van der Waals surface area contributed by atoms with Crippen molar-refractivity contribution in [2.45, 2.75) is 32.7 Å². The molecule has 2 heterocycles. The Morgan fingerprint density at radius 3 is 2.17 bits per heavy atom. The summed E-state index contributed by atoms with van der Waals surface area (Å²) >= 11 is 0. The van der Waals surface area contributed by atoms with Crippen LogP contribution in [0.15, 0.2) is 63.7 Å². The van der Waals surface area contributed by atoms with Gasteiger partial charge in [-0.3, -0.25) is 14.4 Å². The summed E-state index contributed by atoms with van der Waals surface area (Å²) in [5, 5.41) is 0.642. The van der Waals surface area contributed by atoms with Crippen LogP contribution in [0, 0.1) is 11.2 Å². The molecule has 0 radical (unpaired) electrons. The number of Topliss-reactive ketones (excluding diaryl/α,β-unsaturated/α-hetero) is 1. The first-order chi connectivity index (χ1) is 13.8. The van der Waals surface area contributed by atoms with Gasteiger partial charge in [-0.1, -0.05) is 38.1 Å². The van der Waals surface area contributed by atoms with Crippen molar-refractivity contribution in [2.75, 3.05) is 0 Å². The van der Waals surface area contributed by atoms with Gasteiger partial charge < -0.3 is 0 Å². The van der Waals surface area contributed by atoms with Crippen molar-refractivity contribution in [3.8, 4) is 0 Å². The zero-order chi connectivity index (χ0) is 20.5. The highest BCUT2D eigenvalue weighted by Crippen LogP contribution is 2.46. The standard InChI is InChI=1S/C23H19FN2O3/c1-23(2)11-17-19(18(27)12-23)20(13-7-9-14(24)10-8-13)26-22(29)16-6-4-3-5-15(16)21(28)25(17)26/h3-10,20H,11-12H2,1-2H3. The molecular weight excluding hydrogens is 371 g/mol. The summed E-state index contributed by atoms with van der Waals surface area (Å²) in [5.41, 5.74) is 0.672. The quantitative estimate of drug-likeness (QED) is 0.639. The maximum Gasteiger partial charge on any atom is 0.277 e. The molecule has 1 aromatic heterocycles. The van der Waals surface area contributed by atoms with Crippen molar-refractivity contribution < 1.29 is 9.18 Å². The zero-order valence-electron chi connectivity index (χ0n) is 16.1. The Balaban J connectivity index is 1.92. The van der Waals surface area contributed by atoms with E-state index in [-0.39, 0.29) is 22.3 Å². The fourth-order valence-corrected chi connectivity index (χ4v) is 4.64. The van der Waals surface area contributed by atoms with Crippen LogP contribution in [0.1, 0.15) is 38.3 Å². The molecule has 3 aromatic rings. The van der Waals surface area contributed by atoms with Gasteiger partial charge >= 0.3 is 0 Å². The first-order valence-electron chi connectivity index (χ1n) is 9.57. The molecule has 0 bridgehead atoms. The molecule has 1 atom stereocenters. The number of carbonyl (C=O) groups excluding carboxylic acids is 1. The number of aromatic nitrogens is 2. The van der Waals surface area contributed by atoms with Gasteiger partial charge in [0, 0.05) is 12.0 Å². The van der Waals surface area contributed by atoms with Gasteiger partial charge in [0.25, 0.3) is 11.1 Å². The average Bonchev–Trinajstić information content (AvgIpc) is 3.01. The Hall–Kier alpha value is -3.28. The Kier molecular flexibility index (Phi) is 3.60. The summed E-state index contributed by atoms with van der Waals surface area (Å²) in [5.74, 6) is -0.482. The minimum absolute atomic E-state index is 0.0790. The van der Waals surface area contributed by atoms with E-state index in [4.69, 9.17) is 0 Å². The van der Waals surface area contributed by atoms with Crippen LogP contribution >= 0.6 is 0 Å². The molecule has 1 unspecified atom stereocenters. The predicted octanol–water partition coefficient (Wildman–Crippen LogP) is 3.51. The molecule has 5 rings (SSSR count). The number of carbonyl (C=O) groups is 1. The van der Waals surface area contributed by atoms with E-state index < -0.39 is 11.9 Å². The SMILES string of the molecule is CC1(C)CC(=O)C2=C(C1)n1c(=O)c3ccccc3c(=O)n1C2c1ccc(F)cc1. The molecule has 0 saturated heterocycles. The van der Waals surface area contributed by atoms with Crippen molar-refractivity contribution in [3.63, 3.8) is 0 Å². The number of fused-ring (bicyclic) bond motifs is 3. The monoisotopic (exact) mass is 390 g/mol. The topological polar surface area (TPSA) is 61.1 Å². The normalized spacial score (nSPS) is 20.1. The van der Waals surface area contributed by atoms with E-state index in [0.29, 0.717) is 40.4 Å². The van der Waals surface area contributed by atoms with E-state index in [1.807, 2.05) is 13.8 Å². The molecule has 1 aliphatic carbocycles. The molecule has 0 N–H and O–H groups in total. The second-order valence-electron chi connectivity index (χ2n) is 8.57. The highest BCUT2D eigenvalue weighted by Gasteiger charge is 2.44. The fraction of sp³-hybridized carbons (Fsp3) is 0.261. The van der Waals surface area contributed by atoms with Gasteiger partial charge in [0.05, 0.1) is 16.5 Å².